The Morgan fingerprint density at radius 3 is 2.00 bits per heavy atom. The minimum Gasteiger partial charge on any atom is -0.462 e. The predicted molar refractivity (Wildman–Crippen MR) is 127 cm³/mol. The Labute approximate surface area is 197 Å². The molecule has 4 nitrogen and oxygen atoms in total. The fourth-order valence-electron chi connectivity index (χ4n) is 3.01. The van der Waals surface area contributed by atoms with Crippen LogP contribution in [-0.2, 0) is 4.74 Å². The number of esters is 1. The summed E-state index contributed by atoms with van der Waals surface area (Å²) in [6.45, 7) is 2.11. The van der Waals surface area contributed by atoms with E-state index in [2.05, 4.69) is 31.9 Å². The van der Waals surface area contributed by atoms with Crippen molar-refractivity contribution >= 4 is 37.8 Å². The Hall–Kier alpha value is -2.83. The second-order valence-corrected chi connectivity index (χ2v) is 8.50. The predicted octanol–water partition coefficient (Wildman–Crippen LogP) is 8.11. The summed E-state index contributed by atoms with van der Waals surface area (Å²) in [5.41, 5.74) is 2.31. The van der Waals surface area contributed by atoms with Crippen molar-refractivity contribution in [1.29, 1.82) is 0 Å². The van der Waals surface area contributed by atoms with E-state index in [1.54, 1.807) is 31.2 Å². The maximum Gasteiger partial charge on any atom is 0.338 e. The van der Waals surface area contributed by atoms with Gasteiger partial charge in [0.2, 0.25) is 0 Å². The topological polar surface area (TPSA) is 48.7 Å². The third kappa shape index (κ3) is 5.09. The van der Waals surface area contributed by atoms with E-state index in [1.165, 1.54) is 0 Å². The Bertz CT molecular complexity index is 1180. The van der Waals surface area contributed by atoms with Gasteiger partial charge in [0.25, 0.3) is 0 Å². The van der Waals surface area contributed by atoms with Gasteiger partial charge in [-0.2, -0.15) is 0 Å². The highest BCUT2D eigenvalue weighted by atomic mass is 79.9. The molecule has 0 bridgehead atoms. The molecule has 1 heterocycles. The quantitative estimate of drug-likeness (QED) is 0.231. The maximum atomic E-state index is 11.9. The van der Waals surface area contributed by atoms with Gasteiger partial charge in [-0.15, -0.1) is 0 Å². The fourth-order valence-corrected chi connectivity index (χ4v) is 3.54. The first-order valence-corrected chi connectivity index (χ1v) is 11.2. The summed E-state index contributed by atoms with van der Waals surface area (Å²) in [7, 11) is 0. The molecule has 0 aliphatic rings. The summed E-state index contributed by atoms with van der Waals surface area (Å²) < 4.78 is 19.4. The van der Waals surface area contributed by atoms with Gasteiger partial charge >= 0.3 is 5.97 Å². The Kier molecular flexibility index (Phi) is 6.59. The molecule has 0 atom stereocenters. The van der Waals surface area contributed by atoms with E-state index >= 15 is 0 Å². The van der Waals surface area contributed by atoms with Crippen LogP contribution < -0.4 is 4.74 Å². The Morgan fingerprint density at radius 1 is 0.839 bits per heavy atom. The number of hydrogen-bond acceptors (Lipinski definition) is 4. The summed E-state index contributed by atoms with van der Waals surface area (Å²) in [6, 6.07) is 24.4. The normalized spacial score (nSPS) is 10.7. The molecule has 3 aromatic carbocycles. The minimum atomic E-state index is -0.356. The molecule has 0 aliphatic heterocycles. The van der Waals surface area contributed by atoms with Crippen molar-refractivity contribution in [3.8, 4) is 34.1 Å². The van der Waals surface area contributed by atoms with Crippen LogP contribution in [0.5, 0.6) is 11.5 Å². The van der Waals surface area contributed by atoms with Crippen LogP contribution in [0.2, 0.25) is 0 Å². The highest BCUT2D eigenvalue weighted by molar-refractivity contribution is 9.10. The first-order chi connectivity index (χ1) is 15.0. The number of carbonyl (C=O) groups excluding carboxylic acids is 1. The highest BCUT2D eigenvalue weighted by Crippen LogP contribution is 2.40. The summed E-state index contributed by atoms with van der Waals surface area (Å²) >= 11 is 6.92. The first-order valence-electron chi connectivity index (χ1n) is 9.64. The minimum absolute atomic E-state index is 0.335. The van der Waals surface area contributed by atoms with E-state index in [0.717, 1.165) is 20.1 Å². The smallest absolute Gasteiger partial charge is 0.338 e. The number of rotatable bonds is 6. The van der Waals surface area contributed by atoms with Crippen LogP contribution >= 0.6 is 31.9 Å². The first kappa shape index (κ1) is 21.4. The summed E-state index contributed by atoms with van der Waals surface area (Å²) in [5.74, 6) is 2.15. The monoisotopic (exact) mass is 540 g/mol. The molecule has 0 aliphatic carbocycles. The molecule has 31 heavy (non-hydrogen) atoms. The van der Waals surface area contributed by atoms with Crippen LogP contribution in [0.1, 0.15) is 17.3 Å². The Morgan fingerprint density at radius 2 is 1.42 bits per heavy atom. The van der Waals surface area contributed by atoms with Gasteiger partial charge in [0, 0.05) is 26.1 Å². The van der Waals surface area contributed by atoms with Gasteiger partial charge < -0.3 is 13.9 Å². The van der Waals surface area contributed by atoms with Crippen molar-refractivity contribution in [3.05, 3.63) is 93.4 Å². The molecule has 0 saturated carbocycles. The zero-order valence-electron chi connectivity index (χ0n) is 16.6. The van der Waals surface area contributed by atoms with E-state index in [1.807, 2.05) is 54.6 Å². The SMILES string of the molecule is CCOC(=O)c1ccc(Oc2cc(-c3ccc(Br)cc3)oc2-c2ccc(Br)cc2)cc1. The summed E-state index contributed by atoms with van der Waals surface area (Å²) in [6.07, 6.45) is 0. The molecule has 0 saturated heterocycles. The van der Waals surface area contributed by atoms with Gasteiger partial charge in [0.1, 0.15) is 11.5 Å². The van der Waals surface area contributed by atoms with E-state index in [4.69, 9.17) is 13.9 Å². The molecular formula is C25H18Br2O4. The molecule has 0 fully saturated rings. The van der Waals surface area contributed by atoms with Crippen molar-refractivity contribution in [1.82, 2.24) is 0 Å². The van der Waals surface area contributed by atoms with Crippen LogP contribution in [0.25, 0.3) is 22.6 Å². The van der Waals surface area contributed by atoms with E-state index in [0.29, 0.717) is 35.2 Å². The van der Waals surface area contributed by atoms with Gasteiger partial charge in [0.15, 0.2) is 11.5 Å². The molecule has 0 unspecified atom stereocenters. The number of ether oxygens (including phenoxy) is 2. The van der Waals surface area contributed by atoms with Crippen LogP contribution in [0.4, 0.5) is 0 Å². The lowest BCUT2D eigenvalue weighted by Gasteiger charge is -2.07. The number of furan rings is 1. The molecule has 0 radical (unpaired) electrons. The number of halogens is 2. The van der Waals surface area contributed by atoms with E-state index < -0.39 is 0 Å². The van der Waals surface area contributed by atoms with Gasteiger partial charge in [-0.3, -0.25) is 0 Å². The van der Waals surface area contributed by atoms with Crippen LogP contribution in [-0.4, -0.2) is 12.6 Å². The lowest BCUT2D eigenvalue weighted by atomic mass is 10.1. The number of hydrogen-bond donors (Lipinski definition) is 0. The van der Waals surface area contributed by atoms with Crippen molar-refractivity contribution in [2.45, 2.75) is 6.92 Å². The number of carbonyl (C=O) groups is 1. The standard InChI is InChI=1S/C25H18Br2O4/c1-2-29-25(28)18-7-13-21(14-8-18)30-23-15-22(16-3-9-19(26)10-4-16)31-24(23)17-5-11-20(27)12-6-17/h3-15H,2H2,1H3. The molecule has 0 spiro atoms. The highest BCUT2D eigenvalue weighted by Gasteiger charge is 2.17. The molecule has 1 aromatic heterocycles. The zero-order valence-corrected chi connectivity index (χ0v) is 19.8. The van der Waals surface area contributed by atoms with Crippen molar-refractivity contribution < 1.29 is 18.7 Å². The average molecular weight is 542 g/mol. The molecular weight excluding hydrogens is 524 g/mol. The summed E-state index contributed by atoms with van der Waals surface area (Å²) in [5, 5.41) is 0. The molecule has 4 rings (SSSR count). The van der Waals surface area contributed by atoms with E-state index in [-0.39, 0.29) is 5.97 Å². The van der Waals surface area contributed by atoms with Crippen LogP contribution in [0.15, 0.2) is 92.2 Å². The third-order valence-electron chi connectivity index (χ3n) is 4.53. The van der Waals surface area contributed by atoms with Gasteiger partial charge in [-0.1, -0.05) is 44.0 Å². The van der Waals surface area contributed by atoms with Crippen LogP contribution in [0, 0.1) is 0 Å². The van der Waals surface area contributed by atoms with Gasteiger partial charge in [0.05, 0.1) is 12.2 Å². The Balaban J connectivity index is 1.69. The molecule has 4 aromatic rings. The van der Waals surface area contributed by atoms with Gasteiger partial charge in [-0.25, -0.2) is 4.79 Å². The van der Waals surface area contributed by atoms with Gasteiger partial charge in [-0.05, 0) is 67.6 Å². The largest absolute Gasteiger partial charge is 0.462 e. The average Bonchev–Trinajstić information content (AvgIpc) is 3.19. The van der Waals surface area contributed by atoms with Crippen molar-refractivity contribution in [2.24, 2.45) is 0 Å². The summed E-state index contributed by atoms with van der Waals surface area (Å²) in [4.78, 5) is 11.9. The van der Waals surface area contributed by atoms with Crippen LogP contribution in [0.3, 0.4) is 0 Å². The molecule has 156 valence electrons. The fraction of sp³-hybridized carbons (Fsp3) is 0.0800. The third-order valence-corrected chi connectivity index (χ3v) is 5.58. The lowest BCUT2D eigenvalue weighted by molar-refractivity contribution is 0.0526. The van der Waals surface area contributed by atoms with Crippen molar-refractivity contribution in [3.63, 3.8) is 0 Å². The zero-order chi connectivity index (χ0) is 21.8. The second kappa shape index (κ2) is 9.54. The molecule has 0 N–H and O–H groups in total. The lowest BCUT2D eigenvalue weighted by Crippen LogP contribution is -2.03. The van der Waals surface area contributed by atoms with Crippen molar-refractivity contribution in [2.75, 3.05) is 6.61 Å². The molecule has 6 heteroatoms. The maximum absolute atomic E-state index is 11.9. The van der Waals surface area contributed by atoms with E-state index in [9.17, 15) is 4.79 Å². The molecule has 0 amide bonds. The second-order valence-electron chi connectivity index (χ2n) is 6.66. The number of benzene rings is 3.